The van der Waals surface area contributed by atoms with E-state index in [1.165, 1.54) is 6.92 Å². The number of nitrogens with two attached hydrogens (primary N) is 1. The third-order valence-corrected chi connectivity index (χ3v) is 4.27. The lowest BCUT2D eigenvalue weighted by molar-refractivity contribution is -0.137. The Balaban J connectivity index is 2.37. The molecule has 23 heavy (non-hydrogen) atoms. The second-order valence-corrected chi connectivity index (χ2v) is 6.25. The number of H-pyrrole nitrogens is 1. The summed E-state index contributed by atoms with van der Waals surface area (Å²) < 4.78 is 64.0. The van der Waals surface area contributed by atoms with E-state index in [-0.39, 0.29) is 17.1 Å². The maximum absolute atomic E-state index is 12.5. The van der Waals surface area contributed by atoms with Crippen LogP contribution in [0.5, 0.6) is 0 Å². The van der Waals surface area contributed by atoms with Crippen molar-refractivity contribution in [3.8, 4) is 0 Å². The predicted molar refractivity (Wildman–Crippen MR) is 74.1 cm³/mol. The monoisotopic (exact) mass is 348 g/mol. The van der Waals surface area contributed by atoms with E-state index in [0.29, 0.717) is 12.1 Å². The first-order valence-electron chi connectivity index (χ1n) is 6.07. The zero-order valence-electron chi connectivity index (χ0n) is 11.6. The average molecular weight is 348 g/mol. The van der Waals surface area contributed by atoms with Crippen LogP contribution in [0.2, 0.25) is 0 Å². The van der Waals surface area contributed by atoms with Gasteiger partial charge in [0.05, 0.1) is 16.2 Å². The van der Waals surface area contributed by atoms with Crippen LogP contribution >= 0.6 is 0 Å². The molecule has 0 radical (unpaired) electrons. The lowest BCUT2D eigenvalue weighted by atomic mass is 10.2. The van der Waals surface area contributed by atoms with Gasteiger partial charge in [0.2, 0.25) is 0 Å². The number of nitrogens with one attached hydrogen (secondary N) is 2. The first-order valence-corrected chi connectivity index (χ1v) is 7.55. The molecule has 0 aliphatic rings. The van der Waals surface area contributed by atoms with Gasteiger partial charge in [-0.15, -0.1) is 0 Å². The molecule has 0 saturated carbocycles. The second-order valence-electron chi connectivity index (χ2n) is 4.56. The van der Waals surface area contributed by atoms with Gasteiger partial charge in [0.1, 0.15) is 5.69 Å². The third kappa shape index (κ3) is 3.44. The Kier molecular flexibility index (Phi) is 4.07. The molecule has 1 heterocycles. The molecule has 0 unspecified atom stereocenters. The molecule has 1 aromatic heterocycles. The highest BCUT2D eigenvalue weighted by Crippen LogP contribution is 2.30. The smallest absolute Gasteiger partial charge is 0.364 e. The fourth-order valence-corrected chi connectivity index (χ4v) is 2.88. The highest BCUT2D eigenvalue weighted by atomic mass is 32.2. The number of nitrogens with zero attached hydrogens (tertiary/aromatic N) is 1. The van der Waals surface area contributed by atoms with Crippen molar-refractivity contribution in [2.24, 2.45) is 5.73 Å². The van der Waals surface area contributed by atoms with E-state index < -0.39 is 32.6 Å². The minimum atomic E-state index is -4.57. The number of carbonyl (C=O) groups is 1. The number of aromatic amines is 1. The second kappa shape index (κ2) is 5.57. The molecule has 2 rings (SSSR count). The highest BCUT2D eigenvalue weighted by molar-refractivity contribution is 7.92. The molecule has 0 fully saturated rings. The largest absolute Gasteiger partial charge is 0.416 e. The summed E-state index contributed by atoms with van der Waals surface area (Å²) in [6.07, 6.45) is -4.57. The molecule has 1 aromatic carbocycles. The summed E-state index contributed by atoms with van der Waals surface area (Å²) >= 11 is 0. The maximum atomic E-state index is 12.5. The molecule has 4 N–H and O–H groups in total. The Hall–Kier alpha value is -2.56. The van der Waals surface area contributed by atoms with E-state index in [1.54, 1.807) is 0 Å². The summed E-state index contributed by atoms with van der Waals surface area (Å²) in [5.41, 5.74) is 3.85. The number of sulfonamides is 1. The lowest BCUT2D eigenvalue weighted by Crippen LogP contribution is -2.19. The summed E-state index contributed by atoms with van der Waals surface area (Å²) in [5, 5.41) is 5.96. The summed E-state index contributed by atoms with van der Waals surface area (Å²) in [6, 6.07) is 2.91. The van der Waals surface area contributed by atoms with Crippen LogP contribution in [0.1, 0.15) is 21.7 Å². The Morgan fingerprint density at radius 3 is 2.30 bits per heavy atom. The quantitative estimate of drug-likeness (QED) is 0.778. The van der Waals surface area contributed by atoms with Crippen LogP contribution in [0.15, 0.2) is 29.2 Å². The molecule has 0 spiro atoms. The number of hydrogen-bond acceptors (Lipinski definition) is 4. The molecule has 0 bridgehead atoms. The van der Waals surface area contributed by atoms with E-state index in [0.717, 1.165) is 12.1 Å². The fourth-order valence-electron chi connectivity index (χ4n) is 1.75. The standard InChI is InChI=1S/C12H11F3N4O3S/c1-6-9(10(11(16)20)18-17-6)19-23(21,22)8-4-2-7(3-5-8)12(13,14)15/h2-5,19H,1H3,(H2,16,20)(H,17,18). The number of alkyl halides is 3. The lowest BCUT2D eigenvalue weighted by Gasteiger charge is -2.10. The summed E-state index contributed by atoms with van der Waals surface area (Å²) in [4.78, 5) is 10.8. The minimum absolute atomic E-state index is 0.155. The Bertz CT molecular complexity index is 841. The Morgan fingerprint density at radius 2 is 1.83 bits per heavy atom. The summed E-state index contributed by atoms with van der Waals surface area (Å²) in [7, 11) is -4.21. The summed E-state index contributed by atoms with van der Waals surface area (Å²) in [5.74, 6) is -0.959. The SMILES string of the molecule is Cc1[nH]nc(C(N)=O)c1NS(=O)(=O)c1ccc(C(F)(F)F)cc1. The van der Waals surface area contributed by atoms with Gasteiger partial charge in [-0.3, -0.25) is 14.6 Å². The van der Waals surface area contributed by atoms with Gasteiger partial charge in [-0.05, 0) is 31.2 Å². The van der Waals surface area contributed by atoms with E-state index in [2.05, 4.69) is 14.9 Å². The molecule has 0 aliphatic heterocycles. The number of anilines is 1. The van der Waals surface area contributed by atoms with Gasteiger partial charge in [0.15, 0.2) is 5.69 Å². The van der Waals surface area contributed by atoms with Crippen molar-refractivity contribution >= 4 is 21.6 Å². The van der Waals surface area contributed by atoms with Crippen LogP contribution in [0.25, 0.3) is 0 Å². The number of amides is 1. The molecule has 0 aliphatic carbocycles. The molecule has 7 nitrogen and oxygen atoms in total. The van der Waals surface area contributed by atoms with Gasteiger partial charge in [-0.25, -0.2) is 8.42 Å². The van der Waals surface area contributed by atoms with E-state index in [1.807, 2.05) is 0 Å². The fraction of sp³-hybridized carbons (Fsp3) is 0.167. The average Bonchev–Trinajstić information content (AvgIpc) is 2.79. The molecule has 11 heteroatoms. The predicted octanol–water partition coefficient (Wildman–Crippen LogP) is 1.64. The van der Waals surface area contributed by atoms with Gasteiger partial charge in [-0.1, -0.05) is 0 Å². The van der Waals surface area contributed by atoms with Crippen LogP contribution in [-0.4, -0.2) is 24.5 Å². The first kappa shape index (κ1) is 16.8. The van der Waals surface area contributed by atoms with Crippen molar-refractivity contribution in [3.63, 3.8) is 0 Å². The number of carbonyl (C=O) groups excluding carboxylic acids is 1. The number of hydrogen-bond donors (Lipinski definition) is 3. The molecule has 124 valence electrons. The highest BCUT2D eigenvalue weighted by Gasteiger charge is 2.31. The summed E-state index contributed by atoms with van der Waals surface area (Å²) in [6.45, 7) is 1.45. The zero-order valence-corrected chi connectivity index (χ0v) is 12.4. The van der Waals surface area contributed by atoms with Crippen LogP contribution in [-0.2, 0) is 16.2 Å². The number of halogens is 3. The van der Waals surface area contributed by atoms with Crippen molar-refractivity contribution in [2.75, 3.05) is 4.72 Å². The van der Waals surface area contributed by atoms with Gasteiger partial charge < -0.3 is 5.73 Å². The number of aromatic nitrogens is 2. The van der Waals surface area contributed by atoms with E-state index >= 15 is 0 Å². The third-order valence-electron chi connectivity index (χ3n) is 2.91. The van der Waals surface area contributed by atoms with Crippen molar-refractivity contribution < 1.29 is 26.4 Å². The van der Waals surface area contributed by atoms with Crippen LogP contribution in [0, 0.1) is 6.92 Å². The van der Waals surface area contributed by atoms with E-state index in [4.69, 9.17) is 5.73 Å². The molecular weight excluding hydrogens is 337 g/mol. The van der Waals surface area contributed by atoms with Gasteiger partial charge >= 0.3 is 6.18 Å². The number of rotatable bonds is 4. The minimum Gasteiger partial charge on any atom is -0.364 e. The van der Waals surface area contributed by atoms with Crippen LogP contribution in [0.3, 0.4) is 0 Å². The van der Waals surface area contributed by atoms with Crippen molar-refractivity contribution in [3.05, 3.63) is 41.2 Å². The number of primary amides is 1. The topological polar surface area (TPSA) is 118 Å². The normalized spacial score (nSPS) is 12.2. The Morgan fingerprint density at radius 1 is 1.26 bits per heavy atom. The first-order chi connectivity index (χ1) is 10.5. The van der Waals surface area contributed by atoms with Gasteiger partial charge in [0.25, 0.3) is 15.9 Å². The molecule has 0 atom stereocenters. The van der Waals surface area contributed by atoms with Crippen LogP contribution < -0.4 is 10.5 Å². The van der Waals surface area contributed by atoms with Crippen molar-refractivity contribution in [1.29, 1.82) is 0 Å². The van der Waals surface area contributed by atoms with Crippen molar-refractivity contribution in [2.45, 2.75) is 18.0 Å². The van der Waals surface area contributed by atoms with Crippen molar-refractivity contribution in [1.82, 2.24) is 10.2 Å². The number of aryl methyl sites for hydroxylation is 1. The maximum Gasteiger partial charge on any atom is 0.416 e. The van der Waals surface area contributed by atoms with Gasteiger partial charge in [0, 0.05) is 0 Å². The molecule has 2 aromatic rings. The van der Waals surface area contributed by atoms with Crippen LogP contribution in [0.4, 0.5) is 18.9 Å². The Labute approximate surface area is 128 Å². The van der Waals surface area contributed by atoms with Gasteiger partial charge in [-0.2, -0.15) is 18.3 Å². The van der Waals surface area contributed by atoms with E-state index in [9.17, 15) is 26.4 Å². The zero-order chi connectivity index (χ0) is 17.4. The number of benzene rings is 1. The molecule has 0 saturated heterocycles. The molecule has 1 amide bonds. The molecular formula is C12H11F3N4O3S.